The van der Waals surface area contributed by atoms with Crippen LogP contribution in [-0.2, 0) is 12.8 Å². The van der Waals surface area contributed by atoms with Gasteiger partial charge in [0, 0.05) is 34.8 Å². The van der Waals surface area contributed by atoms with Crippen LogP contribution in [0.3, 0.4) is 0 Å². The van der Waals surface area contributed by atoms with Crippen LogP contribution in [0, 0.1) is 13.8 Å². The molecule has 2 nitrogen and oxygen atoms in total. The maximum atomic E-state index is 5.98. The van der Waals surface area contributed by atoms with Crippen LogP contribution < -0.4 is 10.9 Å². The summed E-state index contributed by atoms with van der Waals surface area (Å²) in [5.74, 6) is 1.04. The summed E-state index contributed by atoms with van der Waals surface area (Å²) in [4.78, 5) is 7.99. The minimum Gasteiger partial charge on any atom is -0.345 e. The lowest BCUT2D eigenvalue weighted by molar-refractivity contribution is 0.982. The van der Waals surface area contributed by atoms with Gasteiger partial charge < -0.3 is 4.98 Å². The number of hydrogen-bond acceptors (Lipinski definition) is 1. The fraction of sp³-hybridized carbons (Fsp3) is 0.156. The van der Waals surface area contributed by atoms with Crippen LogP contribution in [0.1, 0.15) is 33.8 Å². The van der Waals surface area contributed by atoms with Crippen LogP contribution in [0.4, 0.5) is 0 Å². The maximum absolute atomic E-state index is 5.98. The Balaban J connectivity index is 0.000000180. The summed E-state index contributed by atoms with van der Waals surface area (Å²) in [6.07, 6.45) is 3.73. The van der Waals surface area contributed by atoms with E-state index < -0.39 is 0 Å². The van der Waals surface area contributed by atoms with Crippen LogP contribution in [0.2, 0.25) is 16.9 Å². The molecule has 0 aliphatic rings. The molecule has 1 N–H and O–H groups in total. The number of hydrogen-bond donors (Lipinski definition) is 1. The van der Waals surface area contributed by atoms with Gasteiger partial charge in [-0.25, -0.2) is 4.98 Å². The Hall–Kier alpha value is -3.27. The Morgan fingerprint density at radius 3 is 1.84 bits per heavy atom. The molecule has 0 atom stereocenters. The molecule has 0 spiro atoms. The standard InChI is InChI=1S/C19H20N2.C13H11BCl2/c1-14-7-6-8-15(2)18(14)12-19-20-13-17(21-19)11-16-9-4-3-5-10-16;1-14(10-4-2-6-12(15)8-10)11-5-3-7-13(16)9-11/h3-10,13H,11-12H2,1-2H3,(H,20,21);2-9H,1H3. The van der Waals surface area contributed by atoms with Gasteiger partial charge in [0.15, 0.2) is 0 Å². The summed E-state index contributed by atoms with van der Waals surface area (Å²) in [7, 11) is 0. The van der Waals surface area contributed by atoms with E-state index in [4.69, 9.17) is 23.2 Å². The van der Waals surface area contributed by atoms with Crippen LogP contribution >= 0.6 is 23.2 Å². The van der Waals surface area contributed by atoms with Crippen molar-refractivity contribution in [3.63, 3.8) is 0 Å². The molecule has 5 aromatic rings. The molecular formula is C32H31BCl2N2. The van der Waals surface area contributed by atoms with E-state index in [0.29, 0.717) is 6.71 Å². The number of imidazole rings is 1. The molecule has 37 heavy (non-hydrogen) atoms. The highest BCUT2D eigenvalue weighted by Gasteiger charge is 2.13. The number of nitrogens with one attached hydrogen (secondary N) is 1. The number of H-pyrrole nitrogens is 1. The molecule has 0 unspecified atom stereocenters. The molecule has 5 rings (SSSR count). The molecule has 0 aliphatic carbocycles. The number of nitrogens with zero attached hydrogens (tertiary/aromatic N) is 1. The average molecular weight is 525 g/mol. The molecule has 5 heteroatoms. The topological polar surface area (TPSA) is 28.7 Å². The first-order valence-corrected chi connectivity index (χ1v) is 13.3. The van der Waals surface area contributed by atoms with E-state index in [1.165, 1.54) is 38.9 Å². The van der Waals surface area contributed by atoms with E-state index >= 15 is 0 Å². The minimum absolute atomic E-state index is 0.303. The van der Waals surface area contributed by atoms with Gasteiger partial charge in [-0.15, -0.1) is 0 Å². The summed E-state index contributed by atoms with van der Waals surface area (Å²) >= 11 is 12.0. The van der Waals surface area contributed by atoms with Crippen molar-refractivity contribution in [2.75, 3.05) is 0 Å². The molecule has 0 amide bonds. The molecule has 0 aliphatic heterocycles. The smallest absolute Gasteiger partial charge is 0.206 e. The predicted octanol–water partition coefficient (Wildman–Crippen LogP) is 7.44. The number of aromatic nitrogens is 2. The second kappa shape index (κ2) is 12.8. The lowest BCUT2D eigenvalue weighted by Crippen LogP contribution is -2.39. The third-order valence-corrected chi connectivity index (χ3v) is 7.07. The van der Waals surface area contributed by atoms with Gasteiger partial charge in [0.25, 0.3) is 0 Å². The molecule has 0 radical (unpaired) electrons. The molecule has 4 aromatic carbocycles. The molecule has 0 saturated heterocycles. The zero-order valence-corrected chi connectivity index (χ0v) is 23.0. The highest BCUT2D eigenvalue weighted by atomic mass is 35.5. The lowest BCUT2D eigenvalue weighted by atomic mass is 9.43. The van der Waals surface area contributed by atoms with Gasteiger partial charge in [-0.05, 0) is 60.4 Å². The SMILES string of the molecule is CB(c1cccc(Cl)c1)c1cccc(Cl)c1.Cc1cccc(C)c1Cc1ncc(Cc2ccccc2)[nH]1. The van der Waals surface area contributed by atoms with Crippen LogP contribution in [0.25, 0.3) is 0 Å². The Bertz CT molecular complexity index is 1380. The number of rotatable bonds is 6. The number of aryl methyl sites for hydroxylation is 2. The summed E-state index contributed by atoms with van der Waals surface area (Å²) in [6.45, 7) is 6.78. The first-order chi connectivity index (χ1) is 17.9. The van der Waals surface area contributed by atoms with Gasteiger partial charge in [-0.3, -0.25) is 0 Å². The van der Waals surface area contributed by atoms with E-state index in [1.807, 2.05) is 48.7 Å². The van der Waals surface area contributed by atoms with Crippen molar-refractivity contribution in [3.05, 3.63) is 147 Å². The molecule has 0 saturated carbocycles. The van der Waals surface area contributed by atoms with Gasteiger partial charge in [0.2, 0.25) is 6.71 Å². The number of halogens is 2. The van der Waals surface area contributed by atoms with Crippen molar-refractivity contribution in [1.29, 1.82) is 0 Å². The predicted molar refractivity (Wildman–Crippen MR) is 160 cm³/mol. The monoisotopic (exact) mass is 524 g/mol. The second-order valence-electron chi connectivity index (χ2n) is 9.40. The summed E-state index contributed by atoms with van der Waals surface area (Å²) in [5, 5.41) is 1.54. The first-order valence-electron chi connectivity index (χ1n) is 12.5. The van der Waals surface area contributed by atoms with Gasteiger partial charge in [0.05, 0.1) is 0 Å². The first kappa shape index (κ1) is 26.8. The summed E-state index contributed by atoms with van der Waals surface area (Å²) in [5.41, 5.74) is 8.91. The zero-order chi connectivity index (χ0) is 26.2. The highest BCUT2D eigenvalue weighted by Crippen LogP contribution is 2.17. The van der Waals surface area contributed by atoms with Crippen molar-refractivity contribution in [3.8, 4) is 0 Å². The van der Waals surface area contributed by atoms with E-state index in [-0.39, 0.29) is 0 Å². The van der Waals surface area contributed by atoms with E-state index in [0.717, 1.165) is 28.7 Å². The van der Waals surface area contributed by atoms with E-state index in [1.54, 1.807) is 0 Å². The van der Waals surface area contributed by atoms with Gasteiger partial charge in [0.1, 0.15) is 5.82 Å². The van der Waals surface area contributed by atoms with Crippen molar-refractivity contribution < 1.29 is 0 Å². The Morgan fingerprint density at radius 1 is 0.703 bits per heavy atom. The highest BCUT2D eigenvalue weighted by molar-refractivity contribution is 6.84. The zero-order valence-electron chi connectivity index (χ0n) is 21.5. The third-order valence-electron chi connectivity index (χ3n) is 6.60. The molecule has 1 aromatic heterocycles. The third kappa shape index (κ3) is 7.61. The molecule has 0 fully saturated rings. The summed E-state index contributed by atoms with van der Waals surface area (Å²) in [6, 6.07) is 32.8. The average Bonchev–Trinajstić information content (AvgIpc) is 3.34. The van der Waals surface area contributed by atoms with Crippen LogP contribution in [0.5, 0.6) is 0 Å². The normalized spacial score (nSPS) is 10.5. The fourth-order valence-electron chi connectivity index (χ4n) is 4.44. The van der Waals surface area contributed by atoms with Gasteiger partial charge >= 0.3 is 0 Å². The van der Waals surface area contributed by atoms with Crippen LogP contribution in [0.15, 0.2) is 103 Å². The van der Waals surface area contributed by atoms with Gasteiger partial charge in [-0.1, -0.05) is 114 Å². The second-order valence-corrected chi connectivity index (χ2v) is 10.3. The molecule has 0 bridgehead atoms. The summed E-state index contributed by atoms with van der Waals surface area (Å²) < 4.78 is 0. The van der Waals surface area contributed by atoms with Crippen molar-refractivity contribution in [2.24, 2.45) is 0 Å². The largest absolute Gasteiger partial charge is 0.345 e. The van der Waals surface area contributed by atoms with Crippen LogP contribution in [-0.4, -0.2) is 16.7 Å². The minimum atomic E-state index is 0.303. The molecule has 1 heterocycles. The quantitative estimate of drug-likeness (QED) is 0.230. The van der Waals surface area contributed by atoms with Crippen molar-refractivity contribution >= 4 is 40.8 Å². The molecular weight excluding hydrogens is 494 g/mol. The maximum Gasteiger partial charge on any atom is 0.206 e. The van der Waals surface area contributed by atoms with Gasteiger partial charge in [-0.2, -0.15) is 0 Å². The van der Waals surface area contributed by atoms with E-state index in [2.05, 4.69) is 85.2 Å². The number of aromatic amines is 1. The Morgan fingerprint density at radius 2 is 1.27 bits per heavy atom. The Kier molecular flexibility index (Phi) is 9.27. The Labute approximate surface area is 230 Å². The van der Waals surface area contributed by atoms with Crippen molar-refractivity contribution in [1.82, 2.24) is 9.97 Å². The van der Waals surface area contributed by atoms with Crippen molar-refractivity contribution in [2.45, 2.75) is 33.5 Å². The lowest BCUT2D eigenvalue weighted by Gasteiger charge is -2.09. The molecule has 186 valence electrons. The fourth-order valence-corrected chi connectivity index (χ4v) is 4.84. The number of benzene rings is 4. The van der Waals surface area contributed by atoms with E-state index in [9.17, 15) is 0 Å².